The van der Waals surface area contributed by atoms with Crippen LogP contribution in [0.3, 0.4) is 0 Å². The molecule has 0 aliphatic carbocycles. The lowest BCUT2D eigenvalue weighted by Gasteiger charge is -2.39. The van der Waals surface area contributed by atoms with Crippen LogP contribution in [-0.2, 0) is 6.18 Å². The highest BCUT2D eigenvalue weighted by Crippen LogP contribution is 2.46. The second-order valence-electron chi connectivity index (χ2n) is 7.70. The molecule has 2 aliphatic rings. The second kappa shape index (κ2) is 7.52. The fourth-order valence-corrected chi connectivity index (χ4v) is 5.75. The highest BCUT2D eigenvalue weighted by Gasteiger charge is 2.45. The van der Waals surface area contributed by atoms with E-state index in [1.807, 2.05) is 16.8 Å². The van der Waals surface area contributed by atoms with Crippen molar-refractivity contribution in [3.05, 3.63) is 57.3 Å². The number of rotatable bonds is 4. The first-order chi connectivity index (χ1) is 13.4. The summed E-state index contributed by atoms with van der Waals surface area (Å²) >= 11 is 1.46. The predicted octanol–water partition coefficient (Wildman–Crippen LogP) is 5.01. The van der Waals surface area contributed by atoms with Crippen molar-refractivity contribution in [2.45, 2.75) is 56.3 Å². The van der Waals surface area contributed by atoms with E-state index in [0.29, 0.717) is 6.04 Å². The molecule has 1 amide bonds. The Labute approximate surface area is 166 Å². The number of hydrogen-bond acceptors (Lipinski definition) is 3. The minimum atomic E-state index is -4.55. The minimum absolute atomic E-state index is 0.0218. The van der Waals surface area contributed by atoms with Crippen LogP contribution in [0.1, 0.15) is 65.1 Å². The third-order valence-electron chi connectivity index (χ3n) is 6.17. The number of halogens is 3. The van der Waals surface area contributed by atoms with Gasteiger partial charge < -0.3 is 5.73 Å². The Morgan fingerprint density at radius 3 is 2.68 bits per heavy atom. The zero-order valence-electron chi connectivity index (χ0n) is 15.4. The predicted molar refractivity (Wildman–Crippen MR) is 103 cm³/mol. The van der Waals surface area contributed by atoms with Crippen molar-refractivity contribution in [1.82, 2.24) is 4.90 Å². The van der Waals surface area contributed by atoms with Crippen molar-refractivity contribution >= 4 is 17.2 Å². The number of piperidine rings is 1. The quantitative estimate of drug-likeness (QED) is 0.773. The molecule has 2 N–H and O–H groups in total. The van der Waals surface area contributed by atoms with Gasteiger partial charge in [0.1, 0.15) is 0 Å². The van der Waals surface area contributed by atoms with E-state index in [4.69, 9.17) is 5.73 Å². The van der Waals surface area contributed by atoms with Crippen molar-refractivity contribution in [3.63, 3.8) is 0 Å². The average Bonchev–Trinajstić information content (AvgIpc) is 3.32. The summed E-state index contributed by atoms with van der Waals surface area (Å²) in [6.07, 6.45) is 0.599. The van der Waals surface area contributed by atoms with Gasteiger partial charge in [0.25, 0.3) is 0 Å². The molecule has 0 unspecified atom stereocenters. The summed E-state index contributed by atoms with van der Waals surface area (Å²) in [7, 11) is 0. The first kappa shape index (κ1) is 19.5. The Balaban J connectivity index is 1.90. The largest absolute Gasteiger partial charge is 0.416 e. The lowest BCUT2D eigenvalue weighted by molar-refractivity contribution is -0.138. The number of amides is 1. The molecule has 0 radical (unpaired) electrons. The molecule has 0 bridgehead atoms. The molecular weight excluding hydrogens is 385 g/mol. The second-order valence-corrected chi connectivity index (χ2v) is 8.48. The number of alkyl halides is 3. The van der Waals surface area contributed by atoms with E-state index in [9.17, 15) is 18.0 Å². The molecule has 3 atom stereocenters. The van der Waals surface area contributed by atoms with Crippen LogP contribution >= 0.6 is 11.3 Å². The Kier molecular flexibility index (Phi) is 5.22. The standard InChI is InChI=1S/C21H23F3N2OS/c22-21(23,24)16-6-3-5-15(20(25)27)19(16)18(13-9-11-28-12-13)17-8-7-14-4-1-2-10-26(14)17/h3,5-6,9,11-12,14,17-18H,1-2,4,7-8,10H2,(H2,25,27)/t14-,17-,18+/m1/s1. The van der Waals surface area contributed by atoms with E-state index in [1.165, 1.54) is 29.9 Å². The Bertz CT molecular complexity index is 850. The lowest BCUT2D eigenvalue weighted by atomic mass is 9.79. The van der Waals surface area contributed by atoms with Crippen LogP contribution in [0.15, 0.2) is 35.0 Å². The van der Waals surface area contributed by atoms with Gasteiger partial charge in [-0.25, -0.2) is 0 Å². The van der Waals surface area contributed by atoms with Crippen molar-refractivity contribution in [3.8, 4) is 0 Å². The van der Waals surface area contributed by atoms with E-state index < -0.39 is 23.6 Å². The molecule has 2 aromatic rings. The van der Waals surface area contributed by atoms with Gasteiger partial charge in [0.05, 0.1) is 5.56 Å². The summed E-state index contributed by atoms with van der Waals surface area (Å²) in [5.74, 6) is -1.33. The van der Waals surface area contributed by atoms with Crippen LogP contribution in [0.2, 0.25) is 0 Å². The van der Waals surface area contributed by atoms with Crippen molar-refractivity contribution in [1.29, 1.82) is 0 Å². The fraction of sp³-hybridized carbons (Fsp3) is 0.476. The first-order valence-corrected chi connectivity index (χ1v) is 10.6. The van der Waals surface area contributed by atoms with Gasteiger partial charge in [-0.3, -0.25) is 9.69 Å². The van der Waals surface area contributed by atoms with E-state index >= 15 is 0 Å². The number of thiophene rings is 1. The van der Waals surface area contributed by atoms with Crippen molar-refractivity contribution in [2.24, 2.45) is 5.73 Å². The summed E-state index contributed by atoms with van der Waals surface area (Å²) in [5, 5.41) is 3.78. The minimum Gasteiger partial charge on any atom is -0.366 e. The number of nitrogens with zero attached hydrogens (tertiary/aromatic N) is 1. The van der Waals surface area contributed by atoms with Gasteiger partial charge in [-0.05, 0) is 72.3 Å². The van der Waals surface area contributed by atoms with E-state index in [0.717, 1.165) is 43.9 Å². The van der Waals surface area contributed by atoms with E-state index in [-0.39, 0.29) is 17.2 Å². The number of fused-ring (bicyclic) bond motifs is 1. The summed E-state index contributed by atoms with van der Waals surface area (Å²) in [5.41, 5.74) is 5.63. The smallest absolute Gasteiger partial charge is 0.366 e. The monoisotopic (exact) mass is 408 g/mol. The maximum absolute atomic E-state index is 14.0. The van der Waals surface area contributed by atoms with Gasteiger partial charge in [0, 0.05) is 23.6 Å². The number of carbonyl (C=O) groups is 1. The number of benzene rings is 1. The molecule has 7 heteroatoms. The molecule has 150 valence electrons. The van der Waals surface area contributed by atoms with Crippen LogP contribution in [0.4, 0.5) is 13.2 Å². The molecule has 1 aromatic heterocycles. The number of primary amides is 1. The molecule has 3 heterocycles. The zero-order chi connectivity index (χ0) is 19.9. The maximum atomic E-state index is 14.0. The molecular formula is C21H23F3N2OS. The van der Waals surface area contributed by atoms with E-state index in [1.54, 1.807) is 0 Å². The summed E-state index contributed by atoms with van der Waals surface area (Å²) in [6.45, 7) is 0.899. The van der Waals surface area contributed by atoms with Crippen LogP contribution in [0.5, 0.6) is 0 Å². The Morgan fingerprint density at radius 1 is 1.18 bits per heavy atom. The van der Waals surface area contributed by atoms with Crippen LogP contribution in [0, 0.1) is 0 Å². The number of carbonyl (C=O) groups excluding carboxylic acids is 1. The molecule has 0 saturated carbocycles. The van der Waals surface area contributed by atoms with E-state index in [2.05, 4.69) is 4.90 Å². The Morgan fingerprint density at radius 2 is 2.00 bits per heavy atom. The highest BCUT2D eigenvalue weighted by molar-refractivity contribution is 7.08. The van der Waals surface area contributed by atoms with Crippen LogP contribution in [-0.4, -0.2) is 29.4 Å². The van der Waals surface area contributed by atoms with Gasteiger partial charge in [-0.1, -0.05) is 12.5 Å². The van der Waals surface area contributed by atoms with Crippen molar-refractivity contribution < 1.29 is 18.0 Å². The Hall–Kier alpha value is -1.86. The number of hydrogen-bond donors (Lipinski definition) is 1. The molecule has 0 spiro atoms. The summed E-state index contributed by atoms with van der Waals surface area (Å²) in [4.78, 5) is 14.5. The summed E-state index contributed by atoms with van der Waals surface area (Å²) < 4.78 is 41.9. The average molecular weight is 408 g/mol. The lowest BCUT2D eigenvalue weighted by Crippen LogP contribution is -2.43. The van der Waals surface area contributed by atoms with Crippen LogP contribution < -0.4 is 5.73 Å². The van der Waals surface area contributed by atoms with Crippen molar-refractivity contribution in [2.75, 3.05) is 6.54 Å². The fourth-order valence-electron chi connectivity index (χ4n) is 5.05. The highest BCUT2D eigenvalue weighted by atomic mass is 32.1. The molecule has 2 aliphatic heterocycles. The van der Waals surface area contributed by atoms with Gasteiger partial charge in [-0.15, -0.1) is 0 Å². The normalized spacial score (nSPS) is 24.1. The summed E-state index contributed by atoms with van der Waals surface area (Å²) in [6, 6.07) is 6.02. The third kappa shape index (κ3) is 3.46. The third-order valence-corrected chi connectivity index (χ3v) is 6.87. The molecule has 2 saturated heterocycles. The maximum Gasteiger partial charge on any atom is 0.416 e. The molecule has 2 fully saturated rings. The van der Waals surface area contributed by atoms with Gasteiger partial charge in [-0.2, -0.15) is 24.5 Å². The van der Waals surface area contributed by atoms with Gasteiger partial charge in [0.15, 0.2) is 0 Å². The van der Waals surface area contributed by atoms with Gasteiger partial charge in [0.2, 0.25) is 5.91 Å². The topological polar surface area (TPSA) is 46.3 Å². The van der Waals surface area contributed by atoms with Crippen LogP contribution in [0.25, 0.3) is 0 Å². The SMILES string of the molecule is NC(=O)c1cccc(C(F)(F)F)c1[C@@H](c1ccsc1)[C@H]1CC[C@H]2CCCCN21. The molecule has 4 rings (SSSR count). The number of nitrogens with two attached hydrogens (primary N) is 1. The first-order valence-electron chi connectivity index (χ1n) is 9.65. The molecule has 28 heavy (non-hydrogen) atoms. The molecule has 1 aromatic carbocycles. The molecule has 3 nitrogen and oxygen atoms in total. The van der Waals surface area contributed by atoms with Gasteiger partial charge >= 0.3 is 6.18 Å². The zero-order valence-corrected chi connectivity index (χ0v) is 16.2.